The third-order valence-electron chi connectivity index (χ3n) is 3.37. The minimum absolute atomic E-state index is 0.0365. The van der Waals surface area contributed by atoms with E-state index in [9.17, 15) is 4.79 Å². The van der Waals surface area contributed by atoms with E-state index in [2.05, 4.69) is 16.9 Å². The average Bonchev–Trinajstić information content (AvgIpc) is 2.83. The van der Waals surface area contributed by atoms with Crippen molar-refractivity contribution in [2.45, 2.75) is 43.0 Å². The molecule has 1 saturated heterocycles. The monoisotopic (exact) mass is 260 g/mol. The lowest BCUT2D eigenvalue weighted by molar-refractivity contribution is -0.123. The van der Waals surface area contributed by atoms with Crippen molar-refractivity contribution in [3.63, 3.8) is 0 Å². The quantitative estimate of drug-likeness (QED) is 0.806. The molecule has 3 nitrogen and oxygen atoms in total. The molecule has 2 fully saturated rings. The molecule has 1 aliphatic heterocycles. The summed E-state index contributed by atoms with van der Waals surface area (Å²) >= 11 is 3.70. The Morgan fingerprint density at radius 2 is 2.25 bits per heavy atom. The predicted molar refractivity (Wildman–Crippen MR) is 72.0 cm³/mol. The lowest BCUT2D eigenvalue weighted by Crippen LogP contribution is -2.50. The van der Waals surface area contributed by atoms with Crippen molar-refractivity contribution < 1.29 is 4.79 Å². The Hall–Kier alpha value is 0.130. The first-order valence-corrected chi connectivity index (χ1v) is 8.40. The van der Waals surface area contributed by atoms with Crippen LogP contribution in [-0.4, -0.2) is 41.1 Å². The van der Waals surface area contributed by atoms with Crippen molar-refractivity contribution in [3.05, 3.63) is 0 Å². The van der Waals surface area contributed by atoms with Crippen LogP contribution in [0, 0.1) is 0 Å². The first-order chi connectivity index (χ1) is 7.81. The van der Waals surface area contributed by atoms with E-state index in [1.54, 1.807) is 11.8 Å². The van der Waals surface area contributed by atoms with Crippen LogP contribution < -0.4 is 10.6 Å². The zero-order chi connectivity index (χ0) is 11.4. The van der Waals surface area contributed by atoms with Gasteiger partial charge in [0.2, 0.25) is 5.91 Å². The lowest BCUT2D eigenvalue weighted by Gasteiger charge is -2.31. The molecule has 0 aromatic rings. The van der Waals surface area contributed by atoms with Gasteiger partial charge in [-0.1, -0.05) is 12.8 Å². The van der Waals surface area contributed by atoms with Gasteiger partial charge in [0.1, 0.15) is 0 Å². The summed E-state index contributed by atoms with van der Waals surface area (Å²) in [7, 11) is 0. The maximum Gasteiger partial charge on any atom is 0.238 e. The summed E-state index contributed by atoms with van der Waals surface area (Å²) in [6.07, 6.45) is 7.12. The molecule has 2 N–H and O–H groups in total. The number of amides is 1. The molecule has 1 heterocycles. The van der Waals surface area contributed by atoms with Gasteiger partial charge >= 0.3 is 0 Å². The van der Waals surface area contributed by atoms with Crippen molar-refractivity contribution >= 4 is 29.4 Å². The Kier molecular flexibility index (Phi) is 4.85. The Balaban J connectivity index is 1.84. The molecule has 0 aromatic carbocycles. The number of carbonyl (C=O) groups excluding carboxylic acids is 1. The van der Waals surface area contributed by atoms with E-state index >= 15 is 0 Å². The first-order valence-electron chi connectivity index (χ1n) is 5.95. The number of hydrogen-bond donors (Lipinski definition) is 2. The summed E-state index contributed by atoms with van der Waals surface area (Å²) in [5.74, 6) is 2.04. The second kappa shape index (κ2) is 6.17. The summed E-state index contributed by atoms with van der Waals surface area (Å²) in [4.78, 5) is 12.0. The van der Waals surface area contributed by atoms with Gasteiger partial charge in [0.25, 0.3) is 0 Å². The standard InChI is InChI=1S/C11H20N2OS2/c1-15-10-5-3-2-4-8(10)13-11(14)9-6-16-7-12-9/h8-10,12H,2-7H2,1H3,(H,13,14). The minimum atomic E-state index is 0.0365. The van der Waals surface area contributed by atoms with Gasteiger partial charge in [-0.15, -0.1) is 11.8 Å². The molecule has 0 aromatic heterocycles. The zero-order valence-electron chi connectivity index (χ0n) is 9.70. The van der Waals surface area contributed by atoms with Gasteiger partial charge in [0.15, 0.2) is 0 Å². The van der Waals surface area contributed by atoms with Crippen LogP contribution in [0.3, 0.4) is 0 Å². The van der Waals surface area contributed by atoms with E-state index in [0.717, 1.165) is 18.1 Å². The summed E-state index contributed by atoms with van der Waals surface area (Å²) in [6.45, 7) is 0. The third kappa shape index (κ3) is 3.08. The van der Waals surface area contributed by atoms with E-state index in [1.165, 1.54) is 19.3 Å². The fraction of sp³-hybridized carbons (Fsp3) is 0.909. The highest BCUT2D eigenvalue weighted by Gasteiger charge is 2.29. The highest BCUT2D eigenvalue weighted by Crippen LogP contribution is 2.27. The summed E-state index contributed by atoms with van der Waals surface area (Å²) in [6, 6.07) is 0.429. The van der Waals surface area contributed by atoms with Gasteiger partial charge < -0.3 is 5.32 Å². The van der Waals surface area contributed by atoms with E-state index in [0.29, 0.717) is 11.3 Å². The summed E-state index contributed by atoms with van der Waals surface area (Å²) in [5, 5.41) is 7.07. The SMILES string of the molecule is CSC1CCCCC1NC(=O)C1CSCN1. The fourth-order valence-electron chi connectivity index (χ4n) is 2.39. The molecule has 5 heteroatoms. The number of hydrogen-bond acceptors (Lipinski definition) is 4. The maximum atomic E-state index is 12.0. The molecule has 1 amide bonds. The first kappa shape index (κ1) is 12.6. The number of rotatable bonds is 3. The van der Waals surface area contributed by atoms with Crippen molar-refractivity contribution in [2.75, 3.05) is 17.9 Å². The summed E-state index contributed by atoms with van der Waals surface area (Å²) < 4.78 is 0. The molecule has 2 rings (SSSR count). The van der Waals surface area contributed by atoms with Gasteiger partial charge in [-0.25, -0.2) is 0 Å². The molecule has 92 valence electrons. The van der Waals surface area contributed by atoms with Crippen LogP contribution >= 0.6 is 23.5 Å². The van der Waals surface area contributed by atoms with E-state index in [1.807, 2.05) is 11.8 Å². The minimum Gasteiger partial charge on any atom is -0.351 e. The molecule has 2 aliphatic rings. The molecule has 16 heavy (non-hydrogen) atoms. The van der Waals surface area contributed by atoms with Crippen LogP contribution in [0.5, 0.6) is 0 Å². The van der Waals surface area contributed by atoms with Gasteiger partial charge in [0, 0.05) is 22.9 Å². The van der Waals surface area contributed by atoms with E-state index in [4.69, 9.17) is 0 Å². The number of carbonyl (C=O) groups is 1. The normalized spacial score (nSPS) is 34.9. The maximum absolute atomic E-state index is 12.0. The van der Waals surface area contributed by atoms with Crippen molar-refractivity contribution in [1.82, 2.24) is 10.6 Å². The van der Waals surface area contributed by atoms with Crippen LogP contribution in [0.25, 0.3) is 0 Å². The Labute approximate surface area is 106 Å². The van der Waals surface area contributed by atoms with Crippen LogP contribution in [0.4, 0.5) is 0 Å². The molecular weight excluding hydrogens is 240 g/mol. The second-order valence-corrected chi connectivity index (χ2v) is 6.55. The largest absolute Gasteiger partial charge is 0.351 e. The van der Waals surface area contributed by atoms with Gasteiger partial charge in [-0.05, 0) is 19.1 Å². The Morgan fingerprint density at radius 1 is 1.44 bits per heavy atom. The highest BCUT2D eigenvalue weighted by molar-refractivity contribution is 7.99. The van der Waals surface area contributed by atoms with Crippen molar-refractivity contribution in [2.24, 2.45) is 0 Å². The second-order valence-electron chi connectivity index (χ2n) is 4.45. The molecule has 1 aliphatic carbocycles. The Bertz CT molecular complexity index is 244. The number of thioether (sulfide) groups is 2. The molecule has 1 saturated carbocycles. The van der Waals surface area contributed by atoms with Crippen LogP contribution in [0.2, 0.25) is 0 Å². The predicted octanol–water partition coefficient (Wildman–Crippen LogP) is 1.44. The van der Waals surface area contributed by atoms with Gasteiger partial charge in [0.05, 0.1) is 6.04 Å². The Morgan fingerprint density at radius 3 is 2.94 bits per heavy atom. The van der Waals surface area contributed by atoms with Crippen LogP contribution in [-0.2, 0) is 4.79 Å². The smallest absolute Gasteiger partial charge is 0.238 e. The molecule has 0 bridgehead atoms. The molecular formula is C11H20N2OS2. The highest BCUT2D eigenvalue weighted by atomic mass is 32.2. The molecule has 0 spiro atoms. The topological polar surface area (TPSA) is 41.1 Å². The molecule has 3 atom stereocenters. The molecule has 0 radical (unpaired) electrons. The van der Waals surface area contributed by atoms with E-state index < -0.39 is 0 Å². The van der Waals surface area contributed by atoms with Crippen molar-refractivity contribution in [1.29, 1.82) is 0 Å². The van der Waals surface area contributed by atoms with Crippen molar-refractivity contribution in [3.8, 4) is 0 Å². The summed E-state index contributed by atoms with van der Waals surface area (Å²) in [5.41, 5.74) is 0. The molecule has 3 unspecified atom stereocenters. The van der Waals surface area contributed by atoms with Crippen LogP contribution in [0.15, 0.2) is 0 Å². The van der Waals surface area contributed by atoms with Gasteiger partial charge in [-0.3, -0.25) is 10.1 Å². The average molecular weight is 260 g/mol. The lowest BCUT2D eigenvalue weighted by atomic mass is 9.94. The third-order valence-corrected chi connectivity index (χ3v) is 5.48. The van der Waals surface area contributed by atoms with Gasteiger partial charge in [-0.2, -0.15) is 11.8 Å². The van der Waals surface area contributed by atoms with E-state index in [-0.39, 0.29) is 11.9 Å². The van der Waals surface area contributed by atoms with Crippen LogP contribution in [0.1, 0.15) is 25.7 Å². The number of nitrogens with one attached hydrogen (secondary N) is 2. The zero-order valence-corrected chi connectivity index (χ0v) is 11.3. The fourth-order valence-corrected chi connectivity index (χ4v) is 4.27.